The Morgan fingerprint density at radius 3 is 2.63 bits per heavy atom. The Balaban J connectivity index is 2.06. The van der Waals surface area contributed by atoms with Gasteiger partial charge in [0.15, 0.2) is 0 Å². The number of fused-ring (bicyclic) bond motifs is 1. The summed E-state index contributed by atoms with van der Waals surface area (Å²) in [5.74, 6) is 0.662. The molecule has 0 atom stereocenters. The number of imidazole rings is 1. The van der Waals surface area contributed by atoms with E-state index in [1.165, 1.54) is 0 Å². The number of benzene rings is 1. The van der Waals surface area contributed by atoms with Crippen LogP contribution in [0.15, 0.2) is 48.7 Å². The maximum Gasteiger partial charge on any atom is 0.139 e. The molecule has 0 spiro atoms. The lowest BCUT2D eigenvalue weighted by atomic mass is 10.1. The lowest BCUT2D eigenvalue weighted by Gasteiger charge is -2.02. The fourth-order valence-electron chi connectivity index (χ4n) is 2.15. The number of hydrogen-bond donors (Lipinski definition) is 1. The molecule has 0 radical (unpaired) electrons. The van der Waals surface area contributed by atoms with Gasteiger partial charge in [0.2, 0.25) is 0 Å². The highest BCUT2D eigenvalue weighted by molar-refractivity contribution is 5.74. The quantitative estimate of drug-likeness (QED) is 0.780. The SMILES string of the molecule is COCc1ccc(-c2nc3ccccn3c2N)cc1. The minimum Gasteiger partial charge on any atom is -0.383 e. The Bertz CT molecular complexity index is 701. The van der Waals surface area contributed by atoms with Gasteiger partial charge in [-0.1, -0.05) is 30.3 Å². The van der Waals surface area contributed by atoms with Crippen molar-refractivity contribution in [2.24, 2.45) is 0 Å². The summed E-state index contributed by atoms with van der Waals surface area (Å²) in [5, 5.41) is 0. The summed E-state index contributed by atoms with van der Waals surface area (Å²) in [4.78, 5) is 4.56. The fraction of sp³-hybridized carbons (Fsp3) is 0.133. The molecule has 4 nitrogen and oxygen atoms in total. The highest BCUT2D eigenvalue weighted by Gasteiger charge is 2.10. The van der Waals surface area contributed by atoms with Gasteiger partial charge in [0.25, 0.3) is 0 Å². The van der Waals surface area contributed by atoms with Crippen LogP contribution >= 0.6 is 0 Å². The van der Waals surface area contributed by atoms with E-state index in [1.807, 2.05) is 53.1 Å². The van der Waals surface area contributed by atoms with Gasteiger partial charge in [0.1, 0.15) is 17.2 Å². The van der Waals surface area contributed by atoms with Gasteiger partial charge in [-0.25, -0.2) is 4.98 Å². The molecule has 0 saturated heterocycles. The van der Waals surface area contributed by atoms with Crippen LogP contribution in [0.1, 0.15) is 5.56 Å². The molecular weight excluding hydrogens is 238 g/mol. The molecule has 0 aliphatic carbocycles. The maximum atomic E-state index is 6.14. The Morgan fingerprint density at radius 2 is 1.95 bits per heavy atom. The Labute approximate surface area is 111 Å². The smallest absolute Gasteiger partial charge is 0.139 e. The first kappa shape index (κ1) is 11.7. The summed E-state index contributed by atoms with van der Waals surface area (Å²) in [6.45, 7) is 0.612. The van der Waals surface area contributed by atoms with Crippen LogP contribution in [0, 0.1) is 0 Å². The second-order valence-electron chi connectivity index (χ2n) is 4.40. The van der Waals surface area contributed by atoms with Crippen LogP contribution in [0.3, 0.4) is 0 Å². The molecule has 0 bridgehead atoms. The number of aromatic nitrogens is 2. The summed E-state index contributed by atoms with van der Waals surface area (Å²) in [6, 6.07) is 13.9. The largest absolute Gasteiger partial charge is 0.383 e. The topological polar surface area (TPSA) is 52.5 Å². The highest BCUT2D eigenvalue weighted by Crippen LogP contribution is 2.26. The van der Waals surface area contributed by atoms with E-state index < -0.39 is 0 Å². The third-order valence-corrected chi connectivity index (χ3v) is 3.11. The normalized spacial score (nSPS) is 11.0. The molecule has 2 N–H and O–H groups in total. The van der Waals surface area contributed by atoms with E-state index in [-0.39, 0.29) is 0 Å². The number of hydrogen-bond acceptors (Lipinski definition) is 3. The van der Waals surface area contributed by atoms with E-state index in [0.717, 1.165) is 22.5 Å². The van der Waals surface area contributed by atoms with Crippen molar-refractivity contribution in [3.05, 3.63) is 54.2 Å². The third kappa shape index (κ3) is 2.06. The van der Waals surface area contributed by atoms with Gasteiger partial charge in [0, 0.05) is 18.9 Å². The van der Waals surface area contributed by atoms with E-state index in [9.17, 15) is 0 Å². The lowest BCUT2D eigenvalue weighted by Crippen LogP contribution is -1.93. The number of methoxy groups -OCH3 is 1. The summed E-state index contributed by atoms with van der Waals surface area (Å²) in [5.41, 5.74) is 9.96. The summed E-state index contributed by atoms with van der Waals surface area (Å²) in [7, 11) is 1.69. The molecule has 4 heteroatoms. The molecule has 96 valence electrons. The van der Waals surface area contributed by atoms with Crippen molar-refractivity contribution in [1.29, 1.82) is 0 Å². The van der Waals surface area contributed by atoms with Crippen LogP contribution < -0.4 is 5.73 Å². The first-order chi connectivity index (χ1) is 9.29. The first-order valence-corrected chi connectivity index (χ1v) is 6.10. The monoisotopic (exact) mass is 253 g/mol. The van der Waals surface area contributed by atoms with Crippen LogP contribution in [0.5, 0.6) is 0 Å². The van der Waals surface area contributed by atoms with Crippen molar-refractivity contribution < 1.29 is 4.74 Å². The van der Waals surface area contributed by atoms with Gasteiger partial charge in [0.05, 0.1) is 6.61 Å². The summed E-state index contributed by atoms with van der Waals surface area (Å²) in [6.07, 6.45) is 1.92. The molecule has 0 aliphatic heterocycles. The van der Waals surface area contributed by atoms with Crippen LogP contribution in [0.4, 0.5) is 5.82 Å². The average Bonchev–Trinajstić information content (AvgIpc) is 2.78. The average molecular weight is 253 g/mol. The molecule has 0 fully saturated rings. The van der Waals surface area contributed by atoms with Gasteiger partial charge in [-0.05, 0) is 17.7 Å². The molecule has 0 aliphatic rings. The standard InChI is InChI=1S/C15H15N3O/c1-19-10-11-5-7-12(8-6-11)14-15(16)18-9-3-2-4-13(18)17-14/h2-9H,10,16H2,1H3. The molecule has 0 unspecified atom stereocenters. The molecule has 2 heterocycles. The summed E-state index contributed by atoms with van der Waals surface area (Å²) >= 11 is 0. The van der Waals surface area contributed by atoms with Crippen molar-refractivity contribution in [3.8, 4) is 11.3 Å². The molecule has 3 rings (SSSR count). The number of pyridine rings is 1. The molecular formula is C15H15N3O. The van der Waals surface area contributed by atoms with Crippen LogP contribution in [-0.4, -0.2) is 16.5 Å². The van der Waals surface area contributed by atoms with Gasteiger partial charge in [-0.15, -0.1) is 0 Å². The van der Waals surface area contributed by atoms with Crippen LogP contribution in [-0.2, 0) is 11.3 Å². The van der Waals surface area contributed by atoms with Gasteiger partial charge >= 0.3 is 0 Å². The van der Waals surface area contributed by atoms with Crippen molar-refractivity contribution in [3.63, 3.8) is 0 Å². The Hall–Kier alpha value is -2.33. The zero-order chi connectivity index (χ0) is 13.2. The highest BCUT2D eigenvalue weighted by atomic mass is 16.5. The van der Waals surface area contributed by atoms with Crippen molar-refractivity contribution in [1.82, 2.24) is 9.38 Å². The predicted molar refractivity (Wildman–Crippen MR) is 75.8 cm³/mol. The number of nitrogen functional groups attached to an aromatic ring is 1. The minimum atomic E-state index is 0.612. The van der Waals surface area contributed by atoms with Crippen molar-refractivity contribution in [2.45, 2.75) is 6.61 Å². The van der Waals surface area contributed by atoms with E-state index in [1.54, 1.807) is 7.11 Å². The number of nitrogens with two attached hydrogens (primary N) is 1. The second-order valence-corrected chi connectivity index (χ2v) is 4.40. The number of ether oxygens (including phenoxy) is 1. The molecule has 19 heavy (non-hydrogen) atoms. The second kappa shape index (κ2) is 4.74. The van der Waals surface area contributed by atoms with Gasteiger partial charge < -0.3 is 10.5 Å². The van der Waals surface area contributed by atoms with Gasteiger partial charge in [-0.3, -0.25) is 4.40 Å². The minimum absolute atomic E-state index is 0.612. The van der Waals surface area contributed by atoms with Crippen molar-refractivity contribution in [2.75, 3.05) is 12.8 Å². The van der Waals surface area contributed by atoms with Crippen molar-refractivity contribution >= 4 is 11.5 Å². The van der Waals surface area contributed by atoms with Crippen LogP contribution in [0.2, 0.25) is 0 Å². The fourth-order valence-corrected chi connectivity index (χ4v) is 2.15. The maximum absolute atomic E-state index is 6.14. The first-order valence-electron chi connectivity index (χ1n) is 6.10. The zero-order valence-corrected chi connectivity index (χ0v) is 10.7. The predicted octanol–water partition coefficient (Wildman–Crippen LogP) is 2.73. The molecule has 1 aromatic carbocycles. The van der Waals surface area contributed by atoms with Crippen LogP contribution in [0.25, 0.3) is 16.9 Å². The number of anilines is 1. The number of rotatable bonds is 3. The molecule has 2 aromatic heterocycles. The number of nitrogens with zero attached hydrogens (tertiary/aromatic N) is 2. The zero-order valence-electron chi connectivity index (χ0n) is 10.7. The lowest BCUT2D eigenvalue weighted by molar-refractivity contribution is 0.185. The van der Waals surface area contributed by atoms with Gasteiger partial charge in [-0.2, -0.15) is 0 Å². The molecule has 0 saturated carbocycles. The Kier molecular flexibility index (Phi) is 2.93. The molecule has 3 aromatic rings. The Morgan fingerprint density at radius 1 is 1.16 bits per heavy atom. The van der Waals surface area contributed by atoms with E-state index >= 15 is 0 Å². The van der Waals surface area contributed by atoms with E-state index in [4.69, 9.17) is 10.5 Å². The van der Waals surface area contributed by atoms with E-state index in [2.05, 4.69) is 4.98 Å². The van der Waals surface area contributed by atoms with E-state index in [0.29, 0.717) is 12.4 Å². The third-order valence-electron chi connectivity index (χ3n) is 3.11. The molecule has 0 amide bonds. The summed E-state index contributed by atoms with van der Waals surface area (Å²) < 4.78 is 6.99.